The highest BCUT2D eigenvalue weighted by atomic mass is 35.5. The molecule has 4 heteroatoms. The van der Waals surface area contributed by atoms with Gasteiger partial charge in [-0.2, -0.15) is 0 Å². The molecule has 1 aliphatic rings. The van der Waals surface area contributed by atoms with E-state index in [2.05, 4.69) is 0 Å². The van der Waals surface area contributed by atoms with Gasteiger partial charge in [0.25, 0.3) is 0 Å². The molecule has 1 fully saturated rings. The Morgan fingerprint density at radius 2 is 2.00 bits per heavy atom. The zero-order valence-corrected chi connectivity index (χ0v) is 12.1. The van der Waals surface area contributed by atoms with E-state index < -0.39 is 10.8 Å². The van der Waals surface area contributed by atoms with E-state index in [9.17, 15) is 4.21 Å². The SMILES string of the molecule is NCC1CCCCC1S(=O)Cc1ccccc1Cl. The van der Waals surface area contributed by atoms with E-state index in [0.29, 0.717) is 23.2 Å². The fourth-order valence-electron chi connectivity index (χ4n) is 2.67. The average Bonchev–Trinajstić information content (AvgIpc) is 2.41. The summed E-state index contributed by atoms with van der Waals surface area (Å²) in [6.45, 7) is 0.652. The van der Waals surface area contributed by atoms with Gasteiger partial charge in [0.15, 0.2) is 0 Å². The van der Waals surface area contributed by atoms with Gasteiger partial charge in [0.1, 0.15) is 0 Å². The smallest absolute Gasteiger partial charge is 0.0503 e. The minimum Gasteiger partial charge on any atom is -0.330 e. The maximum atomic E-state index is 12.5. The lowest BCUT2D eigenvalue weighted by Crippen LogP contribution is -2.34. The van der Waals surface area contributed by atoms with Crippen LogP contribution in [-0.2, 0) is 16.6 Å². The molecule has 1 aliphatic carbocycles. The maximum Gasteiger partial charge on any atom is 0.0503 e. The molecule has 0 aromatic heterocycles. The Balaban J connectivity index is 2.05. The second-order valence-corrected chi connectivity index (χ2v) is 7.00. The lowest BCUT2D eigenvalue weighted by molar-refractivity contribution is 0.372. The third kappa shape index (κ3) is 3.34. The lowest BCUT2D eigenvalue weighted by Gasteiger charge is -2.30. The second kappa shape index (κ2) is 6.69. The topological polar surface area (TPSA) is 43.1 Å². The van der Waals surface area contributed by atoms with Crippen LogP contribution >= 0.6 is 11.6 Å². The number of hydrogen-bond acceptors (Lipinski definition) is 2. The van der Waals surface area contributed by atoms with Crippen LogP contribution < -0.4 is 5.73 Å². The molecule has 0 radical (unpaired) electrons. The summed E-state index contributed by atoms with van der Waals surface area (Å²) in [5, 5.41) is 0.964. The zero-order valence-electron chi connectivity index (χ0n) is 10.5. The second-order valence-electron chi connectivity index (χ2n) is 4.94. The Bertz CT molecular complexity index is 424. The summed E-state index contributed by atoms with van der Waals surface area (Å²) >= 11 is 6.12. The van der Waals surface area contributed by atoms with Gasteiger partial charge in [-0.1, -0.05) is 42.6 Å². The van der Waals surface area contributed by atoms with Crippen LogP contribution in [0.2, 0.25) is 5.02 Å². The summed E-state index contributed by atoms with van der Waals surface area (Å²) in [6.07, 6.45) is 4.56. The number of rotatable bonds is 4. The van der Waals surface area contributed by atoms with Crippen LogP contribution in [0.1, 0.15) is 31.2 Å². The van der Waals surface area contributed by atoms with Gasteiger partial charge < -0.3 is 5.73 Å². The van der Waals surface area contributed by atoms with Crippen LogP contribution in [0, 0.1) is 5.92 Å². The molecule has 1 aromatic carbocycles. The summed E-state index contributed by atoms with van der Waals surface area (Å²) in [5.41, 5.74) is 6.78. The first kappa shape index (κ1) is 14.0. The summed E-state index contributed by atoms with van der Waals surface area (Å²) < 4.78 is 12.5. The Kier molecular flexibility index (Phi) is 5.22. The van der Waals surface area contributed by atoms with Crippen LogP contribution in [-0.4, -0.2) is 16.0 Å². The van der Waals surface area contributed by atoms with Crippen molar-refractivity contribution < 1.29 is 4.21 Å². The molecular weight excluding hydrogens is 266 g/mol. The molecule has 2 rings (SSSR count). The monoisotopic (exact) mass is 285 g/mol. The van der Waals surface area contributed by atoms with E-state index in [1.165, 1.54) is 12.8 Å². The average molecular weight is 286 g/mol. The normalized spacial score (nSPS) is 25.9. The van der Waals surface area contributed by atoms with Gasteiger partial charge in [-0.05, 0) is 36.9 Å². The Hall–Kier alpha value is -0.380. The summed E-state index contributed by atoms with van der Waals surface area (Å²) in [7, 11) is -0.862. The van der Waals surface area contributed by atoms with Crippen molar-refractivity contribution in [3.8, 4) is 0 Å². The third-order valence-electron chi connectivity index (χ3n) is 3.74. The minimum absolute atomic E-state index is 0.250. The first-order chi connectivity index (χ1) is 8.72. The number of nitrogens with two attached hydrogens (primary N) is 1. The van der Waals surface area contributed by atoms with Crippen molar-refractivity contribution >= 4 is 22.4 Å². The molecule has 0 aliphatic heterocycles. The van der Waals surface area contributed by atoms with Crippen molar-refractivity contribution in [1.82, 2.24) is 0 Å². The van der Waals surface area contributed by atoms with Crippen LogP contribution in [0.5, 0.6) is 0 Å². The van der Waals surface area contributed by atoms with Crippen LogP contribution in [0.25, 0.3) is 0 Å². The van der Waals surface area contributed by atoms with E-state index in [4.69, 9.17) is 17.3 Å². The predicted octanol–water partition coefficient (Wildman–Crippen LogP) is 3.11. The fraction of sp³-hybridized carbons (Fsp3) is 0.571. The van der Waals surface area contributed by atoms with Crippen molar-refractivity contribution in [3.05, 3.63) is 34.9 Å². The highest BCUT2D eigenvalue weighted by molar-refractivity contribution is 7.84. The molecule has 18 heavy (non-hydrogen) atoms. The van der Waals surface area contributed by atoms with Crippen molar-refractivity contribution in [1.29, 1.82) is 0 Å². The Morgan fingerprint density at radius 1 is 1.28 bits per heavy atom. The van der Waals surface area contributed by atoms with Gasteiger partial charge in [-0.3, -0.25) is 4.21 Å². The van der Waals surface area contributed by atoms with Crippen LogP contribution in [0.3, 0.4) is 0 Å². The number of benzene rings is 1. The maximum absolute atomic E-state index is 12.5. The van der Waals surface area contributed by atoms with E-state index in [-0.39, 0.29) is 5.25 Å². The van der Waals surface area contributed by atoms with E-state index >= 15 is 0 Å². The molecule has 3 unspecified atom stereocenters. The van der Waals surface area contributed by atoms with E-state index in [1.807, 2.05) is 24.3 Å². The van der Waals surface area contributed by atoms with Crippen LogP contribution in [0.15, 0.2) is 24.3 Å². The van der Waals surface area contributed by atoms with Gasteiger partial charge >= 0.3 is 0 Å². The third-order valence-corrected chi connectivity index (χ3v) is 6.00. The fourth-order valence-corrected chi connectivity index (χ4v) is 4.83. The van der Waals surface area contributed by atoms with Gasteiger partial charge in [-0.15, -0.1) is 0 Å². The molecular formula is C14H20ClNOS. The standard InChI is InChI=1S/C14H20ClNOS/c15-13-7-3-1-6-12(13)10-18(17)14-8-4-2-5-11(14)9-16/h1,3,6-7,11,14H,2,4-5,8-10,16H2. The Morgan fingerprint density at radius 3 is 2.72 bits per heavy atom. The molecule has 0 spiro atoms. The molecule has 0 bridgehead atoms. The summed E-state index contributed by atoms with van der Waals surface area (Å²) in [5.74, 6) is 0.975. The molecule has 1 aromatic rings. The van der Waals surface area contributed by atoms with Gasteiger partial charge in [0.05, 0.1) is 5.75 Å². The molecule has 0 amide bonds. The highest BCUT2D eigenvalue weighted by Gasteiger charge is 2.28. The first-order valence-electron chi connectivity index (χ1n) is 6.53. The first-order valence-corrected chi connectivity index (χ1v) is 8.29. The van der Waals surface area contributed by atoms with Crippen molar-refractivity contribution in [3.63, 3.8) is 0 Å². The Labute approximate surface area is 116 Å². The summed E-state index contributed by atoms with van der Waals surface area (Å²) in [4.78, 5) is 0. The van der Waals surface area contributed by atoms with Crippen molar-refractivity contribution in [2.75, 3.05) is 6.54 Å². The molecule has 3 atom stereocenters. The molecule has 1 saturated carbocycles. The van der Waals surface area contributed by atoms with Crippen LogP contribution in [0.4, 0.5) is 0 Å². The summed E-state index contributed by atoms with van der Waals surface area (Å²) in [6, 6.07) is 7.66. The zero-order chi connectivity index (χ0) is 13.0. The van der Waals surface area contributed by atoms with Crippen molar-refractivity contribution in [2.45, 2.75) is 36.7 Å². The quantitative estimate of drug-likeness (QED) is 0.924. The number of halogens is 1. The number of hydrogen-bond donors (Lipinski definition) is 1. The molecule has 100 valence electrons. The lowest BCUT2D eigenvalue weighted by atomic mass is 9.89. The molecule has 0 heterocycles. The van der Waals surface area contributed by atoms with Gasteiger partial charge in [0, 0.05) is 21.1 Å². The van der Waals surface area contributed by atoms with Crippen molar-refractivity contribution in [2.24, 2.45) is 11.7 Å². The largest absolute Gasteiger partial charge is 0.330 e. The van der Waals surface area contributed by atoms with Gasteiger partial charge in [0.2, 0.25) is 0 Å². The van der Waals surface area contributed by atoms with E-state index in [1.54, 1.807) is 0 Å². The predicted molar refractivity (Wildman–Crippen MR) is 78.1 cm³/mol. The molecule has 2 nitrogen and oxygen atoms in total. The minimum atomic E-state index is -0.862. The van der Waals surface area contributed by atoms with Gasteiger partial charge in [-0.25, -0.2) is 0 Å². The highest BCUT2D eigenvalue weighted by Crippen LogP contribution is 2.29. The van der Waals surface area contributed by atoms with E-state index in [0.717, 1.165) is 18.4 Å². The molecule has 2 N–H and O–H groups in total. The molecule has 0 saturated heterocycles.